The maximum Gasteiger partial charge on any atom is 0.298 e. The van der Waals surface area contributed by atoms with Gasteiger partial charge in [0, 0.05) is 30.1 Å². The van der Waals surface area contributed by atoms with Gasteiger partial charge in [-0.2, -0.15) is 9.36 Å². The van der Waals surface area contributed by atoms with Gasteiger partial charge in [0.25, 0.3) is 11.1 Å². The summed E-state index contributed by atoms with van der Waals surface area (Å²) < 4.78 is 23.0. The van der Waals surface area contributed by atoms with Crippen LogP contribution in [0.5, 0.6) is 10.9 Å². The van der Waals surface area contributed by atoms with Gasteiger partial charge in [0.05, 0.1) is 0 Å². The number of rotatable bonds is 8. The summed E-state index contributed by atoms with van der Waals surface area (Å²) in [5.41, 5.74) is 1.46. The third kappa shape index (κ3) is 5.85. The van der Waals surface area contributed by atoms with Gasteiger partial charge >= 0.3 is 0 Å². The number of carbonyl (C=O) groups is 1. The standard InChI is InChI=1S/C21H22FN3O2S/c1-14(2)10-11-23-20(26)16-4-3-5-18(13-16)27-21-24-19(25-28-21)12-15-6-8-17(22)9-7-15/h3-9,13-14H,10-12H2,1-2H3,(H,23,26). The lowest BCUT2D eigenvalue weighted by atomic mass is 10.1. The first-order valence-corrected chi connectivity index (χ1v) is 9.90. The minimum Gasteiger partial charge on any atom is -0.430 e. The van der Waals surface area contributed by atoms with E-state index in [1.807, 2.05) is 0 Å². The van der Waals surface area contributed by atoms with Crippen molar-refractivity contribution in [3.05, 3.63) is 71.3 Å². The molecule has 0 saturated carbocycles. The first-order valence-electron chi connectivity index (χ1n) is 9.13. The molecule has 1 heterocycles. The summed E-state index contributed by atoms with van der Waals surface area (Å²) in [6.07, 6.45) is 1.43. The summed E-state index contributed by atoms with van der Waals surface area (Å²) in [4.78, 5) is 16.6. The molecule has 0 aliphatic rings. The van der Waals surface area contributed by atoms with E-state index in [2.05, 4.69) is 28.5 Å². The molecule has 0 aliphatic heterocycles. The number of carbonyl (C=O) groups excluding carboxylic acids is 1. The number of nitrogens with zero attached hydrogens (tertiary/aromatic N) is 2. The Morgan fingerprint density at radius 3 is 2.75 bits per heavy atom. The van der Waals surface area contributed by atoms with E-state index in [1.54, 1.807) is 36.4 Å². The lowest BCUT2D eigenvalue weighted by molar-refractivity contribution is 0.0951. The van der Waals surface area contributed by atoms with Crippen molar-refractivity contribution < 1.29 is 13.9 Å². The van der Waals surface area contributed by atoms with E-state index in [-0.39, 0.29) is 11.7 Å². The topological polar surface area (TPSA) is 64.1 Å². The van der Waals surface area contributed by atoms with Crippen LogP contribution >= 0.6 is 11.5 Å². The van der Waals surface area contributed by atoms with Crippen molar-refractivity contribution >= 4 is 17.4 Å². The summed E-state index contributed by atoms with van der Waals surface area (Å²) >= 11 is 1.14. The molecule has 5 nitrogen and oxygen atoms in total. The van der Waals surface area contributed by atoms with E-state index in [0.29, 0.717) is 41.2 Å². The highest BCUT2D eigenvalue weighted by Crippen LogP contribution is 2.24. The second-order valence-corrected chi connectivity index (χ2v) is 7.56. The molecule has 0 radical (unpaired) electrons. The summed E-state index contributed by atoms with van der Waals surface area (Å²) in [7, 11) is 0. The summed E-state index contributed by atoms with van der Waals surface area (Å²) in [5.74, 6) is 1.28. The smallest absolute Gasteiger partial charge is 0.298 e. The SMILES string of the molecule is CC(C)CCNC(=O)c1cccc(Oc2nc(Cc3ccc(F)cc3)ns2)c1. The Kier molecular flexibility index (Phi) is 6.71. The van der Waals surface area contributed by atoms with Crippen LogP contribution in [0.3, 0.4) is 0 Å². The molecule has 7 heteroatoms. The van der Waals surface area contributed by atoms with Crippen molar-refractivity contribution in [3.63, 3.8) is 0 Å². The normalized spacial score (nSPS) is 10.9. The highest BCUT2D eigenvalue weighted by atomic mass is 32.1. The van der Waals surface area contributed by atoms with Crippen LogP contribution in [-0.2, 0) is 6.42 Å². The molecule has 0 saturated heterocycles. The van der Waals surface area contributed by atoms with Gasteiger partial charge in [-0.15, -0.1) is 0 Å². The van der Waals surface area contributed by atoms with Gasteiger partial charge in [0.1, 0.15) is 11.6 Å². The quantitative estimate of drug-likeness (QED) is 0.589. The third-order valence-corrected chi connectivity index (χ3v) is 4.67. The third-order valence-electron chi connectivity index (χ3n) is 4.03. The zero-order chi connectivity index (χ0) is 19.9. The predicted octanol–water partition coefficient (Wildman–Crippen LogP) is 4.84. The molecule has 3 aromatic rings. The highest BCUT2D eigenvalue weighted by Gasteiger charge is 2.10. The molecular formula is C21H22FN3O2S. The van der Waals surface area contributed by atoms with Gasteiger partial charge in [-0.05, 0) is 48.2 Å². The minimum atomic E-state index is -0.271. The highest BCUT2D eigenvalue weighted by molar-refractivity contribution is 7.07. The summed E-state index contributed by atoms with van der Waals surface area (Å²) in [6, 6.07) is 13.2. The molecule has 0 unspecified atom stereocenters. The summed E-state index contributed by atoms with van der Waals surface area (Å²) in [6.45, 7) is 4.88. The average molecular weight is 399 g/mol. The monoisotopic (exact) mass is 399 g/mol. The van der Waals surface area contributed by atoms with Gasteiger partial charge in [-0.25, -0.2) is 4.39 Å². The molecule has 3 rings (SSSR count). The Hall–Kier alpha value is -2.80. The number of hydrogen-bond acceptors (Lipinski definition) is 5. The van der Waals surface area contributed by atoms with Crippen molar-refractivity contribution in [3.8, 4) is 10.9 Å². The lowest BCUT2D eigenvalue weighted by Gasteiger charge is -2.08. The number of nitrogens with one attached hydrogen (secondary N) is 1. The number of aromatic nitrogens is 2. The molecule has 146 valence electrons. The fourth-order valence-electron chi connectivity index (χ4n) is 2.51. The molecule has 0 fully saturated rings. The van der Waals surface area contributed by atoms with Gasteiger partial charge in [-0.3, -0.25) is 4.79 Å². The Balaban J connectivity index is 1.60. The fourth-order valence-corrected chi connectivity index (χ4v) is 3.08. The van der Waals surface area contributed by atoms with E-state index in [9.17, 15) is 9.18 Å². The Labute approximate surface area is 167 Å². The van der Waals surface area contributed by atoms with Crippen molar-refractivity contribution in [2.45, 2.75) is 26.7 Å². The van der Waals surface area contributed by atoms with E-state index >= 15 is 0 Å². The van der Waals surface area contributed by atoms with Crippen LogP contribution in [0.1, 0.15) is 42.0 Å². The van der Waals surface area contributed by atoms with Crippen LogP contribution in [0, 0.1) is 11.7 Å². The fraction of sp³-hybridized carbons (Fsp3) is 0.286. The number of amides is 1. The lowest BCUT2D eigenvalue weighted by Crippen LogP contribution is -2.25. The predicted molar refractivity (Wildman–Crippen MR) is 107 cm³/mol. The number of halogens is 1. The second-order valence-electron chi connectivity index (χ2n) is 6.85. The number of hydrogen-bond donors (Lipinski definition) is 1. The summed E-state index contributed by atoms with van der Waals surface area (Å²) in [5, 5.41) is 3.31. The number of benzene rings is 2. The molecule has 1 amide bonds. The van der Waals surface area contributed by atoms with Crippen molar-refractivity contribution in [2.75, 3.05) is 6.54 Å². The van der Waals surface area contributed by atoms with E-state index in [1.165, 1.54) is 12.1 Å². The Morgan fingerprint density at radius 1 is 1.21 bits per heavy atom. The Bertz CT molecular complexity index is 925. The molecule has 1 N–H and O–H groups in total. The van der Waals surface area contributed by atoms with Crippen LogP contribution in [0.25, 0.3) is 0 Å². The molecule has 0 spiro atoms. The molecule has 0 atom stereocenters. The largest absolute Gasteiger partial charge is 0.430 e. The van der Waals surface area contributed by atoms with Crippen molar-refractivity contribution in [2.24, 2.45) is 5.92 Å². The maximum atomic E-state index is 13.0. The van der Waals surface area contributed by atoms with Gasteiger partial charge < -0.3 is 10.1 Å². The zero-order valence-electron chi connectivity index (χ0n) is 15.8. The molecule has 0 bridgehead atoms. The van der Waals surface area contributed by atoms with Crippen molar-refractivity contribution in [1.29, 1.82) is 0 Å². The number of ether oxygens (including phenoxy) is 1. The van der Waals surface area contributed by atoms with Gasteiger partial charge in [-0.1, -0.05) is 32.0 Å². The minimum absolute atomic E-state index is 0.125. The maximum absolute atomic E-state index is 13.0. The first-order chi connectivity index (χ1) is 13.5. The van der Waals surface area contributed by atoms with Crippen LogP contribution in [-0.4, -0.2) is 21.8 Å². The molecular weight excluding hydrogens is 377 g/mol. The van der Waals surface area contributed by atoms with E-state index in [4.69, 9.17) is 4.74 Å². The van der Waals surface area contributed by atoms with Crippen molar-refractivity contribution in [1.82, 2.24) is 14.7 Å². The molecule has 28 heavy (non-hydrogen) atoms. The van der Waals surface area contributed by atoms with Crippen LogP contribution in [0.4, 0.5) is 4.39 Å². The van der Waals surface area contributed by atoms with Crippen LogP contribution < -0.4 is 10.1 Å². The van der Waals surface area contributed by atoms with E-state index in [0.717, 1.165) is 23.5 Å². The van der Waals surface area contributed by atoms with E-state index < -0.39 is 0 Å². The second kappa shape index (κ2) is 9.41. The first kappa shape index (κ1) is 19.9. The van der Waals surface area contributed by atoms with Gasteiger partial charge in [0.15, 0.2) is 5.82 Å². The molecule has 2 aromatic carbocycles. The molecule has 1 aromatic heterocycles. The van der Waals surface area contributed by atoms with Crippen LogP contribution in [0.2, 0.25) is 0 Å². The van der Waals surface area contributed by atoms with Crippen LogP contribution in [0.15, 0.2) is 48.5 Å². The zero-order valence-corrected chi connectivity index (χ0v) is 16.6. The van der Waals surface area contributed by atoms with Gasteiger partial charge in [0.2, 0.25) is 0 Å². The molecule has 0 aliphatic carbocycles. The average Bonchev–Trinajstić information content (AvgIpc) is 3.10. The Morgan fingerprint density at radius 2 is 2.00 bits per heavy atom.